The highest BCUT2D eigenvalue weighted by atomic mass is 32.2. The van der Waals surface area contributed by atoms with Crippen LogP contribution in [0.5, 0.6) is 5.88 Å². The molecule has 0 spiro atoms. The molecular weight excluding hydrogens is 512 g/mol. The Balaban J connectivity index is 1.25. The van der Waals surface area contributed by atoms with E-state index in [1.807, 2.05) is 11.0 Å². The number of ether oxygens (including phenoxy) is 1. The Morgan fingerprint density at radius 3 is 2.68 bits per heavy atom. The molecule has 8 nitrogen and oxygen atoms in total. The van der Waals surface area contributed by atoms with Gasteiger partial charge in [-0.2, -0.15) is 5.10 Å². The maximum atomic E-state index is 14.9. The predicted octanol–water partition coefficient (Wildman–Crippen LogP) is 3.89. The number of fused-ring (bicyclic) bond motifs is 1. The Morgan fingerprint density at radius 2 is 2.00 bits per heavy atom. The zero-order valence-electron chi connectivity index (χ0n) is 21.3. The lowest BCUT2D eigenvalue weighted by Gasteiger charge is -2.31. The Labute approximate surface area is 220 Å². The van der Waals surface area contributed by atoms with Gasteiger partial charge in [-0.1, -0.05) is 13.0 Å². The van der Waals surface area contributed by atoms with Gasteiger partial charge in [0, 0.05) is 35.7 Å². The van der Waals surface area contributed by atoms with Crippen LogP contribution in [-0.4, -0.2) is 72.5 Å². The summed E-state index contributed by atoms with van der Waals surface area (Å²) in [6.45, 7) is 3.36. The Bertz CT molecular complexity index is 1560. The number of Topliss-reactive ketones (excluding diaryl/α,β-unsaturated/α-hetero) is 1. The number of piperidine rings is 1. The highest BCUT2D eigenvalue weighted by Crippen LogP contribution is 2.28. The summed E-state index contributed by atoms with van der Waals surface area (Å²) in [5.74, 6) is 2.87. The van der Waals surface area contributed by atoms with Gasteiger partial charge in [-0.05, 0) is 58.9 Å². The fourth-order valence-corrected chi connectivity index (χ4v) is 5.33. The van der Waals surface area contributed by atoms with Crippen molar-refractivity contribution in [1.82, 2.24) is 24.6 Å². The minimum Gasteiger partial charge on any atom is -0.474 e. The lowest BCUT2D eigenvalue weighted by atomic mass is 9.94. The number of halogens is 2. The molecule has 3 heterocycles. The average Bonchev–Trinajstić information content (AvgIpc) is 3.31. The second kappa shape index (κ2) is 10.4. The molecule has 2 aliphatic rings. The summed E-state index contributed by atoms with van der Waals surface area (Å²) in [5.41, 5.74) is 0.985. The van der Waals surface area contributed by atoms with Crippen molar-refractivity contribution in [2.45, 2.75) is 37.2 Å². The fourth-order valence-electron chi connectivity index (χ4n) is 4.62. The van der Waals surface area contributed by atoms with Crippen molar-refractivity contribution in [3.63, 3.8) is 0 Å². The molecule has 2 unspecified atom stereocenters. The second-order valence-corrected chi connectivity index (χ2v) is 12.4. The predicted molar refractivity (Wildman–Crippen MR) is 142 cm³/mol. The van der Waals surface area contributed by atoms with E-state index in [2.05, 4.69) is 20.9 Å². The number of rotatable bonds is 7. The number of carbonyl (C=O) groups is 1. The SMILES string of the molecule is C=S(C)(=O)c1ccc(-n2ncc3c(OC4CCN(CC(=O)C5=CCC(C)C(F)=C5)CC4)ncnc32)c(F)c1. The maximum Gasteiger partial charge on any atom is 0.228 e. The number of allylic oxidation sites excluding steroid dienone is 3. The Morgan fingerprint density at radius 1 is 1.24 bits per heavy atom. The van der Waals surface area contributed by atoms with Crippen LogP contribution < -0.4 is 4.74 Å². The first-order valence-electron chi connectivity index (χ1n) is 12.4. The van der Waals surface area contributed by atoms with Gasteiger partial charge in [0.1, 0.15) is 35.1 Å². The van der Waals surface area contributed by atoms with Crippen LogP contribution in [0.1, 0.15) is 26.2 Å². The molecule has 0 radical (unpaired) electrons. The van der Waals surface area contributed by atoms with E-state index in [1.165, 1.54) is 41.7 Å². The zero-order valence-corrected chi connectivity index (χ0v) is 22.1. The Kier molecular flexibility index (Phi) is 7.15. The smallest absolute Gasteiger partial charge is 0.228 e. The van der Waals surface area contributed by atoms with E-state index in [0.29, 0.717) is 59.7 Å². The molecule has 0 saturated carbocycles. The number of ketones is 1. The third-order valence-electron chi connectivity index (χ3n) is 6.93. The molecule has 5 rings (SSSR count). The third kappa shape index (κ3) is 5.39. The molecule has 0 bridgehead atoms. The van der Waals surface area contributed by atoms with Crippen LogP contribution >= 0.6 is 0 Å². The van der Waals surface area contributed by atoms with Gasteiger partial charge in [0.15, 0.2) is 11.4 Å². The van der Waals surface area contributed by atoms with Gasteiger partial charge in [-0.25, -0.2) is 23.4 Å². The monoisotopic (exact) mass is 541 g/mol. The molecule has 1 aromatic carbocycles. The van der Waals surface area contributed by atoms with Gasteiger partial charge in [0.2, 0.25) is 5.88 Å². The van der Waals surface area contributed by atoms with E-state index in [-0.39, 0.29) is 35.9 Å². The molecule has 1 fully saturated rings. The number of hydrogen-bond acceptors (Lipinski definition) is 7. The molecule has 0 amide bonds. The van der Waals surface area contributed by atoms with Gasteiger partial charge in [-0.15, -0.1) is 0 Å². The van der Waals surface area contributed by atoms with Crippen molar-refractivity contribution >= 4 is 32.2 Å². The molecule has 11 heteroatoms. The van der Waals surface area contributed by atoms with Gasteiger partial charge in [0.05, 0.1) is 12.7 Å². The first kappa shape index (κ1) is 26.2. The Hall–Kier alpha value is -3.44. The number of benzene rings is 1. The summed E-state index contributed by atoms with van der Waals surface area (Å²) in [7, 11) is -2.56. The quantitative estimate of drug-likeness (QED) is 0.419. The molecule has 38 heavy (non-hydrogen) atoms. The first-order chi connectivity index (χ1) is 18.1. The van der Waals surface area contributed by atoms with Crippen LogP contribution in [0.15, 0.2) is 59.2 Å². The minimum atomic E-state index is -2.56. The largest absolute Gasteiger partial charge is 0.474 e. The van der Waals surface area contributed by atoms with Crippen molar-refractivity contribution in [3.05, 3.63) is 60.1 Å². The van der Waals surface area contributed by atoms with Crippen molar-refractivity contribution in [2.75, 3.05) is 25.9 Å². The zero-order chi connectivity index (χ0) is 27.0. The molecule has 2 atom stereocenters. The molecule has 1 saturated heterocycles. The molecule has 3 aromatic rings. The third-order valence-corrected chi connectivity index (χ3v) is 8.18. The first-order valence-corrected chi connectivity index (χ1v) is 14.5. The van der Waals surface area contributed by atoms with E-state index >= 15 is 0 Å². The average molecular weight is 542 g/mol. The van der Waals surface area contributed by atoms with E-state index in [1.54, 1.807) is 13.0 Å². The second-order valence-electron chi connectivity index (χ2n) is 9.93. The molecule has 2 aromatic heterocycles. The molecule has 200 valence electrons. The summed E-state index contributed by atoms with van der Waals surface area (Å²) in [5, 5.41) is 4.84. The lowest BCUT2D eigenvalue weighted by Crippen LogP contribution is -2.41. The summed E-state index contributed by atoms with van der Waals surface area (Å²) < 4.78 is 48.5. The number of carbonyl (C=O) groups excluding carboxylic acids is 1. The number of likely N-dealkylation sites (tertiary alicyclic amines) is 1. The van der Waals surface area contributed by atoms with Crippen LogP contribution in [0.2, 0.25) is 0 Å². The van der Waals surface area contributed by atoms with E-state index in [4.69, 9.17) is 4.74 Å². The maximum absolute atomic E-state index is 14.9. The topological polar surface area (TPSA) is 90.2 Å². The van der Waals surface area contributed by atoms with Crippen molar-refractivity contribution in [3.8, 4) is 11.6 Å². The number of nitrogens with zero attached hydrogens (tertiary/aromatic N) is 5. The molecule has 0 N–H and O–H groups in total. The van der Waals surface area contributed by atoms with Crippen LogP contribution in [0.3, 0.4) is 0 Å². The van der Waals surface area contributed by atoms with Crippen LogP contribution in [0.25, 0.3) is 16.7 Å². The highest BCUT2D eigenvalue weighted by molar-refractivity contribution is 7.99. The number of aromatic nitrogens is 4. The van der Waals surface area contributed by atoms with E-state index in [9.17, 15) is 17.8 Å². The molecule has 1 aliphatic carbocycles. The lowest BCUT2D eigenvalue weighted by molar-refractivity contribution is -0.116. The summed E-state index contributed by atoms with van der Waals surface area (Å²) in [4.78, 5) is 23.5. The van der Waals surface area contributed by atoms with Gasteiger partial charge >= 0.3 is 0 Å². The summed E-state index contributed by atoms with van der Waals surface area (Å²) in [6, 6.07) is 4.27. The van der Waals surface area contributed by atoms with Gasteiger partial charge in [0.25, 0.3) is 0 Å². The van der Waals surface area contributed by atoms with Crippen LogP contribution in [0.4, 0.5) is 8.78 Å². The van der Waals surface area contributed by atoms with Gasteiger partial charge < -0.3 is 4.74 Å². The van der Waals surface area contributed by atoms with Crippen molar-refractivity contribution in [1.29, 1.82) is 0 Å². The van der Waals surface area contributed by atoms with Crippen LogP contribution in [-0.2, 0) is 14.3 Å². The number of hydrogen-bond donors (Lipinski definition) is 0. The van der Waals surface area contributed by atoms with E-state index in [0.717, 1.165) is 0 Å². The summed E-state index contributed by atoms with van der Waals surface area (Å²) in [6.07, 6.45) is 9.29. The summed E-state index contributed by atoms with van der Waals surface area (Å²) >= 11 is 0. The highest BCUT2D eigenvalue weighted by Gasteiger charge is 2.26. The van der Waals surface area contributed by atoms with E-state index < -0.39 is 15.3 Å². The van der Waals surface area contributed by atoms with Crippen LogP contribution in [0, 0.1) is 11.7 Å². The minimum absolute atomic E-state index is 0.0758. The standard InChI is InChI=1S/C27H29F2N5O3S/c1-17-4-5-18(12-22(17)28)25(35)15-33-10-8-19(9-11-33)37-27-21-14-32-34(26(21)30-16-31-27)24-7-6-20(13-23(24)29)38(2,3)36/h5-7,12-14,16-17,19H,2,4,8-11,15H2,1,3H3. The van der Waals surface area contributed by atoms with Gasteiger partial charge in [-0.3, -0.25) is 13.9 Å². The molecule has 1 aliphatic heterocycles. The molecular formula is C27H29F2N5O3S. The van der Waals surface area contributed by atoms with Crippen molar-refractivity contribution in [2.24, 2.45) is 5.92 Å². The normalized spacial score (nSPS) is 20.6. The fraction of sp³-hybridized carbons (Fsp3) is 0.370. The van der Waals surface area contributed by atoms with Crippen molar-refractivity contribution < 1.29 is 22.5 Å².